The summed E-state index contributed by atoms with van der Waals surface area (Å²) < 4.78 is 15.1. The number of rotatable bonds is 9. The molecule has 5 nitrogen and oxygen atoms in total. The third-order valence-corrected chi connectivity index (χ3v) is 10.2. The van der Waals surface area contributed by atoms with E-state index in [0.29, 0.717) is 37.4 Å². The highest BCUT2D eigenvalue weighted by Crippen LogP contribution is 2.39. The summed E-state index contributed by atoms with van der Waals surface area (Å²) >= 11 is 0. The van der Waals surface area contributed by atoms with Crippen molar-refractivity contribution in [3.63, 3.8) is 0 Å². The van der Waals surface area contributed by atoms with E-state index in [2.05, 4.69) is 48.8 Å². The van der Waals surface area contributed by atoms with Gasteiger partial charge in [0.05, 0.1) is 0 Å². The molecule has 5 rings (SSSR count). The van der Waals surface area contributed by atoms with Gasteiger partial charge in [-0.1, -0.05) is 30.3 Å². The number of ketones is 1. The molecule has 42 heavy (non-hydrogen) atoms. The van der Waals surface area contributed by atoms with Crippen molar-refractivity contribution in [3.8, 4) is 0 Å². The second-order valence-electron chi connectivity index (χ2n) is 14.2. The lowest BCUT2D eigenvalue weighted by Gasteiger charge is -2.31. The molecule has 3 unspecified atom stereocenters. The molecule has 0 amide bonds. The minimum absolute atomic E-state index is 0.0837. The van der Waals surface area contributed by atoms with Gasteiger partial charge in [-0.3, -0.25) is 19.4 Å². The average Bonchev–Trinajstić information content (AvgIpc) is 3.52. The molecule has 2 aromatic carbocycles. The molecule has 2 saturated heterocycles. The van der Waals surface area contributed by atoms with Crippen molar-refractivity contribution in [2.24, 2.45) is 11.8 Å². The van der Waals surface area contributed by atoms with Crippen LogP contribution in [-0.2, 0) is 28.9 Å². The molecule has 1 aliphatic carbocycles. The normalized spacial score (nSPS) is 24.4. The van der Waals surface area contributed by atoms with Gasteiger partial charge in [0.15, 0.2) is 0 Å². The predicted molar refractivity (Wildman–Crippen MR) is 165 cm³/mol. The van der Waals surface area contributed by atoms with Gasteiger partial charge in [0.1, 0.15) is 17.6 Å². The Bertz CT molecular complexity index is 1280. The molecular weight excluding hydrogens is 527 g/mol. The number of likely N-dealkylation sites (tertiary alicyclic amines) is 2. The van der Waals surface area contributed by atoms with E-state index in [4.69, 9.17) is 0 Å². The number of carboxylic acids is 1. The van der Waals surface area contributed by atoms with Crippen molar-refractivity contribution in [2.75, 3.05) is 26.2 Å². The van der Waals surface area contributed by atoms with E-state index in [1.54, 1.807) is 6.07 Å². The number of hydrogen-bond acceptors (Lipinski definition) is 4. The standard InChI is InChI=1S/C36H49FN2O3/c1-24-10-14-29(32(37)19-24)30-22-39(36(2,3)4)23-31(30)34(40)15-12-25-7-6-17-38(18-16-25)33(35(41)42)21-26-11-13-27-8-5-9-28(27)20-26/h10-11,13-14,19-20,25,30-31,33H,5-9,12,15-18,21-23H2,1-4H3,(H,41,42)/t25?,30?,31?,33-/m0/s1. The van der Waals surface area contributed by atoms with Crippen LogP contribution < -0.4 is 0 Å². The molecule has 2 fully saturated rings. The highest BCUT2D eigenvalue weighted by Gasteiger charge is 2.42. The zero-order chi connectivity index (χ0) is 30.0. The average molecular weight is 577 g/mol. The lowest BCUT2D eigenvalue weighted by molar-refractivity contribution is -0.143. The van der Waals surface area contributed by atoms with Crippen LogP contribution in [0.25, 0.3) is 0 Å². The van der Waals surface area contributed by atoms with Crippen LogP contribution in [0, 0.1) is 24.6 Å². The number of aryl methyl sites for hydroxylation is 3. The SMILES string of the molecule is Cc1ccc(C2CN(C(C)(C)C)CC2C(=O)CCC2CCCN([C@@H](Cc3ccc4c(c3)CCC4)C(=O)O)CC2)c(F)c1. The van der Waals surface area contributed by atoms with E-state index in [0.717, 1.165) is 62.7 Å². The van der Waals surface area contributed by atoms with Gasteiger partial charge >= 0.3 is 5.97 Å². The molecule has 0 aromatic heterocycles. The van der Waals surface area contributed by atoms with E-state index < -0.39 is 12.0 Å². The lowest BCUT2D eigenvalue weighted by atomic mass is 9.83. The summed E-state index contributed by atoms with van der Waals surface area (Å²) in [4.78, 5) is 30.6. The van der Waals surface area contributed by atoms with Crippen molar-refractivity contribution in [3.05, 3.63) is 70.0 Å². The van der Waals surface area contributed by atoms with Gasteiger partial charge in [-0.15, -0.1) is 0 Å². The molecule has 0 saturated carbocycles. The summed E-state index contributed by atoms with van der Waals surface area (Å²) in [7, 11) is 0. The second kappa shape index (κ2) is 13.0. The Kier molecular flexibility index (Phi) is 9.53. The first-order valence-corrected chi connectivity index (χ1v) is 16.1. The number of carbonyl (C=O) groups is 2. The van der Waals surface area contributed by atoms with Crippen LogP contribution in [0.1, 0.15) is 93.0 Å². The number of carboxylic acid groups (broad SMARTS) is 1. The van der Waals surface area contributed by atoms with Crippen molar-refractivity contribution in [1.82, 2.24) is 9.80 Å². The van der Waals surface area contributed by atoms with Crippen LogP contribution in [0.15, 0.2) is 36.4 Å². The fraction of sp³-hybridized carbons (Fsp3) is 0.611. The summed E-state index contributed by atoms with van der Waals surface area (Å²) in [5.74, 6) is -0.630. The van der Waals surface area contributed by atoms with E-state index in [1.165, 1.54) is 17.5 Å². The maximum absolute atomic E-state index is 15.1. The quantitative estimate of drug-likeness (QED) is 0.365. The second-order valence-corrected chi connectivity index (χ2v) is 14.2. The molecule has 1 N–H and O–H groups in total. The Morgan fingerprint density at radius 3 is 2.52 bits per heavy atom. The first-order valence-electron chi connectivity index (χ1n) is 16.1. The first kappa shape index (κ1) is 30.9. The summed E-state index contributed by atoms with van der Waals surface area (Å²) in [5.41, 5.74) is 5.40. The Morgan fingerprint density at radius 1 is 1.00 bits per heavy atom. The van der Waals surface area contributed by atoms with Gasteiger partial charge in [-0.05, 0) is 132 Å². The molecule has 2 aromatic rings. The Labute approximate surface area is 251 Å². The van der Waals surface area contributed by atoms with Crippen LogP contribution in [0.3, 0.4) is 0 Å². The third-order valence-electron chi connectivity index (χ3n) is 10.2. The topological polar surface area (TPSA) is 60.9 Å². The molecule has 0 spiro atoms. The minimum Gasteiger partial charge on any atom is -0.480 e. The maximum Gasteiger partial charge on any atom is 0.321 e. The molecule has 0 bridgehead atoms. The first-order chi connectivity index (χ1) is 20.0. The summed E-state index contributed by atoms with van der Waals surface area (Å²) in [6, 6.07) is 11.4. The molecule has 2 heterocycles. The van der Waals surface area contributed by atoms with Gasteiger partial charge < -0.3 is 5.11 Å². The molecule has 4 atom stereocenters. The Morgan fingerprint density at radius 2 is 1.79 bits per heavy atom. The number of halogens is 1. The number of carbonyl (C=O) groups excluding carboxylic acids is 1. The zero-order valence-corrected chi connectivity index (χ0v) is 26.0. The minimum atomic E-state index is -0.747. The van der Waals surface area contributed by atoms with E-state index in [-0.39, 0.29) is 29.0 Å². The van der Waals surface area contributed by atoms with Crippen molar-refractivity contribution in [2.45, 2.75) is 103 Å². The summed E-state index contributed by atoms with van der Waals surface area (Å²) in [6.07, 6.45) is 8.17. The van der Waals surface area contributed by atoms with E-state index in [9.17, 15) is 14.7 Å². The largest absolute Gasteiger partial charge is 0.480 e. The zero-order valence-electron chi connectivity index (χ0n) is 26.0. The molecular formula is C36H49FN2O3. The molecule has 6 heteroatoms. The van der Waals surface area contributed by atoms with Gasteiger partial charge in [-0.2, -0.15) is 0 Å². The van der Waals surface area contributed by atoms with Gasteiger partial charge in [0.25, 0.3) is 0 Å². The third kappa shape index (κ3) is 7.14. The highest BCUT2D eigenvalue weighted by atomic mass is 19.1. The Hall–Kier alpha value is -2.57. The number of aliphatic carboxylic acids is 1. The van der Waals surface area contributed by atoms with Gasteiger partial charge in [0.2, 0.25) is 0 Å². The monoisotopic (exact) mass is 576 g/mol. The van der Waals surface area contributed by atoms with Crippen LogP contribution in [-0.4, -0.2) is 64.4 Å². The summed E-state index contributed by atoms with van der Waals surface area (Å²) in [5, 5.41) is 10.2. The van der Waals surface area contributed by atoms with Gasteiger partial charge in [0, 0.05) is 36.9 Å². The van der Waals surface area contributed by atoms with E-state index in [1.807, 2.05) is 19.1 Å². The number of hydrogen-bond donors (Lipinski definition) is 1. The number of nitrogens with zero attached hydrogens (tertiary/aromatic N) is 2. The highest BCUT2D eigenvalue weighted by molar-refractivity contribution is 5.82. The fourth-order valence-electron chi connectivity index (χ4n) is 7.59. The molecule has 0 radical (unpaired) electrons. The van der Waals surface area contributed by atoms with Crippen LogP contribution >= 0.6 is 0 Å². The van der Waals surface area contributed by atoms with Crippen molar-refractivity contribution >= 4 is 11.8 Å². The van der Waals surface area contributed by atoms with Crippen LogP contribution in [0.4, 0.5) is 4.39 Å². The fourth-order valence-corrected chi connectivity index (χ4v) is 7.59. The van der Waals surface area contributed by atoms with Gasteiger partial charge in [-0.25, -0.2) is 4.39 Å². The predicted octanol–water partition coefficient (Wildman–Crippen LogP) is 6.58. The molecule has 228 valence electrons. The lowest BCUT2D eigenvalue weighted by Crippen LogP contribution is -2.43. The Balaban J connectivity index is 1.19. The van der Waals surface area contributed by atoms with Crippen molar-refractivity contribution < 1.29 is 19.1 Å². The molecule has 3 aliphatic rings. The smallest absolute Gasteiger partial charge is 0.321 e. The molecule has 2 aliphatic heterocycles. The number of benzene rings is 2. The van der Waals surface area contributed by atoms with Crippen molar-refractivity contribution in [1.29, 1.82) is 0 Å². The van der Waals surface area contributed by atoms with Crippen LogP contribution in [0.5, 0.6) is 0 Å². The maximum atomic E-state index is 15.1. The van der Waals surface area contributed by atoms with Crippen LogP contribution in [0.2, 0.25) is 0 Å². The summed E-state index contributed by atoms with van der Waals surface area (Å²) in [6.45, 7) is 11.3. The number of fused-ring (bicyclic) bond motifs is 1. The number of Topliss-reactive ketones (excluding diaryl/α,β-unsaturated/α-hetero) is 1. The van der Waals surface area contributed by atoms with E-state index >= 15 is 4.39 Å².